The number of nitrogens with two attached hydrogens (primary N) is 4. The van der Waals surface area contributed by atoms with Gasteiger partial charge in [-0.2, -0.15) is 0 Å². The zero-order chi connectivity index (χ0) is 57.1. The number of carbonyl (C=O) groups excluding carboxylic acids is 4. The van der Waals surface area contributed by atoms with Gasteiger partial charge in [0.25, 0.3) is 11.8 Å². The van der Waals surface area contributed by atoms with Crippen LogP contribution >= 0.6 is 0 Å². The van der Waals surface area contributed by atoms with Crippen LogP contribution in [0.25, 0.3) is 21.5 Å². The zero-order valence-electron chi connectivity index (χ0n) is 45.4. The van der Waals surface area contributed by atoms with Gasteiger partial charge < -0.3 is 54.0 Å². The van der Waals surface area contributed by atoms with E-state index in [1.165, 1.54) is 24.3 Å². The van der Waals surface area contributed by atoms with E-state index in [1.807, 2.05) is 114 Å². The van der Waals surface area contributed by atoms with Gasteiger partial charge in [0.2, 0.25) is 11.8 Å². The number of fused-ring (bicyclic) bond motifs is 2. The number of amides is 4. The third kappa shape index (κ3) is 17.1. The summed E-state index contributed by atoms with van der Waals surface area (Å²) in [5.74, 6) is -1.31. The van der Waals surface area contributed by atoms with Crippen LogP contribution in [0.15, 0.2) is 174 Å². The molecule has 0 saturated carbocycles. The number of carbonyl (C=O) groups is 4. The predicted molar refractivity (Wildman–Crippen MR) is 316 cm³/mol. The number of guanidine groups is 2. The molecule has 2 aliphatic heterocycles. The topological polar surface area (TPSA) is 252 Å². The van der Waals surface area contributed by atoms with Gasteiger partial charge in [-0.3, -0.25) is 29.2 Å². The van der Waals surface area contributed by atoms with Crippen molar-refractivity contribution in [3.8, 4) is 0 Å². The summed E-state index contributed by atoms with van der Waals surface area (Å²) in [4.78, 5) is 65.2. The second-order valence-corrected chi connectivity index (χ2v) is 20.5. The van der Waals surface area contributed by atoms with Crippen LogP contribution in [0.3, 0.4) is 0 Å². The Morgan fingerprint density at radius 2 is 0.963 bits per heavy atom. The van der Waals surface area contributed by atoms with Crippen molar-refractivity contribution in [1.82, 2.24) is 31.1 Å². The van der Waals surface area contributed by atoms with Gasteiger partial charge in [0.15, 0.2) is 11.9 Å². The van der Waals surface area contributed by atoms with Gasteiger partial charge in [0.1, 0.15) is 11.6 Å². The molecule has 0 aromatic heterocycles. The van der Waals surface area contributed by atoms with E-state index in [4.69, 9.17) is 22.9 Å². The molecule has 16 nitrogen and oxygen atoms in total. The molecular weight excluding hydrogens is 1030 g/mol. The highest BCUT2D eigenvalue weighted by atomic mass is 19.1. The molecule has 7 aromatic carbocycles. The summed E-state index contributed by atoms with van der Waals surface area (Å²) in [6.45, 7) is 3.54. The molecule has 18 heteroatoms. The molecule has 2 saturated heterocycles. The van der Waals surface area contributed by atoms with Crippen LogP contribution in [0.1, 0.15) is 81.8 Å². The fraction of sp³-hybridized carbons (Fsp3) is 0.302. The molecule has 0 radical (unpaired) electrons. The summed E-state index contributed by atoms with van der Waals surface area (Å²) in [5.41, 5.74) is 25.8. The van der Waals surface area contributed by atoms with Gasteiger partial charge in [-0.15, -0.1) is 0 Å². The number of aliphatic imine (C=N–C) groups is 2. The first-order valence-electron chi connectivity index (χ1n) is 27.6. The second kappa shape index (κ2) is 28.9. The molecule has 422 valence electrons. The van der Waals surface area contributed by atoms with Gasteiger partial charge in [0, 0.05) is 81.5 Å². The van der Waals surface area contributed by atoms with Crippen LogP contribution in [0, 0.1) is 11.6 Å². The first kappa shape index (κ1) is 58.4. The van der Waals surface area contributed by atoms with Gasteiger partial charge >= 0.3 is 0 Å². The Morgan fingerprint density at radius 1 is 0.543 bits per heavy atom. The number of nitrogens with one attached hydrogen (secondary N) is 4. The summed E-state index contributed by atoms with van der Waals surface area (Å²) in [6, 6.07) is 48.3. The highest BCUT2D eigenvalue weighted by molar-refractivity contribution is 5.99. The Labute approximate surface area is 471 Å². The lowest BCUT2D eigenvalue weighted by atomic mass is 9.90. The van der Waals surface area contributed by atoms with Crippen molar-refractivity contribution in [2.24, 2.45) is 32.9 Å². The standard InChI is InChI=1S/C35H38F2N6O2.C28H34N6O2/c36-28-13-9-24(10-14-28)31(25-11-15-29(37)16-12-25)22-43-19-17-30(42-32(34(43)45)6-3-18-40-35(38)39)21-41-33(44)27-8-7-23-4-1-2-5-26(23)20-27;29-28(30)31-15-6-11-25-27(36)34(19-20-7-2-1-3-8-20)16-14-24(33-25)18-32-26(35)23-13-12-21-9-4-5-10-22(21)17-23/h1-2,4-5,7-16,20,30-32,42H,3,6,17-19,21-22H2,(H,41,44)(H4,38,39,40);1-5,7-10,12-13,17,24-25,33H,6,11,14-16,18-19H2,(H,32,35)(H4,29,30,31)/t30-,32-;24-,25-/m00/s1. The number of halogens is 2. The minimum absolute atomic E-state index is 0.00695. The molecule has 0 aliphatic carbocycles. The third-order valence-corrected chi connectivity index (χ3v) is 14.7. The summed E-state index contributed by atoms with van der Waals surface area (Å²) in [5, 5.41) is 17.2. The highest BCUT2D eigenvalue weighted by Gasteiger charge is 2.34. The number of hydrogen-bond acceptors (Lipinski definition) is 8. The number of hydrogen-bond donors (Lipinski definition) is 8. The first-order valence-corrected chi connectivity index (χ1v) is 27.6. The first-order chi connectivity index (χ1) is 39.3. The van der Waals surface area contributed by atoms with E-state index in [9.17, 15) is 28.0 Å². The van der Waals surface area contributed by atoms with Gasteiger partial charge in [0.05, 0.1) is 12.1 Å². The molecule has 2 heterocycles. The fourth-order valence-corrected chi connectivity index (χ4v) is 10.4. The predicted octanol–water partition coefficient (Wildman–Crippen LogP) is 6.68. The number of rotatable bonds is 20. The molecule has 4 amide bonds. The Kier molecular flexibility index (Phi) is 20.9. The Hall–Kier alpha value is -8.74. The number of benzene rings is 7. The summed E-state index contributed by atoms with van der Waals surface area (Å²) >= 11 is 0. The average Bonchev–Trinajstić information content (AvgIpc) is 3.73. The lowest BCUT2D eigenvalue weighted by molar-refractivity contribution is -0.134. The van der Waals surface area contributed by atoms with Crippen LogP contribution in [0.2, 0.25) is 0 Å². The van der Waals surface area contributed by atoms with Crippen LogP contribution in [0.5, 0.6) is 0 Å². The maximum Gasteiger partial charge on any atom is 0.251 e. The molecule has 9 rings (SSSR count). The lowest BCUT2D eigenvalue weighted by Gasteiger charge is -2.29. The van der Waals surface area contributed by atoms with Crippen molar-refractivity contribution >= 4 is 57.1 Å². The molecular formula is C63H72F2N12O4. The minimum Gasteiger partial charge on any atom is -0.370 e. The average molecular weight is 1100 g/mol. The lowest BCUT2D eigenvalue weighted by Crippen LogP contribution is -2.49. The summed E-state index contributed by atoms with van der Waals surface area (Å²) < 4.78 is 27.6. The van der Waals surface area contributed by atoms with E-state index in [0.29, 0.717) is 95.6 Å². The largest absolute Gasteiger partial charge is 0.370 e. The van der Waals surface area contributed by atoms with Gasteiger partial charge in [-0.25, -0.2) is 8.78 Å². The normalized spacial score (nSPS) is 17.4. The highest BCUT2D eigenvalue weighted by Crippen LogP contribution is 2.28. The van der Waals surface area contributed by atoms with Crippen LogP contribution < -0.4 is 44.2 Å². The molecule has 0 spiro atoms. The zero-order valence-corrected chi connectivity index (χ0v) is 45.4. The second-order valence-electron chi connectivity index (χ2n) is 20.5. The van der Waals surface area contributed by atoms with Gasteiger partial charge in [-0.05, 0) is 125 Å². The van der Waals surface area contributed by atoms with E-state index in [0.717, 1.165) is 44.7 Å². The minimum atomic E-state index is -0.536. The molecule has 0 bridgehead atoms. The van der Waals surface area contributed by atoms with Crippen molar-refractivity contribution in [2.75, 3.05) is 45.8 Å². The van der Waals surface area contributed by atoms with Gasteiger partial charge in [-0.1, -0.05) is 115 Å². The molecule has 2 fully saturated rings. The fourth-order valence-electron chi connectivity index (χ4n) is 10.4. The van der Waals surface area contributed by atoms with Crippen LogP contribution in [-0.4, -0.2) is 115 Å². The van der Waals surface area contributed by atoms with E-state index in [2.05, 4.69) is 31.3 Å². The van der Waals surface area contributed by atoms with Crippen molar-refractivity contribution in [3.05, 3.63) is 203 Å². The molecule has 81 heavy (non-hydrogen) atoms. The van der Waals surface area contributed by atoms with Crippen molar-refractivity contribution in [1.29, 1.82) is 0 Å². The third-order valence-electron chi connectivity index (χ3n) is 14.7. The van der Waals surface area contributed by atoms with E-state index < -0.39 is 6.04 Å². The maximum atomic E-state index is 14.0. The maximum absolute atomic E-state index is 14.0. The molecule has 7 aromatic rings. The molecule has 0 unspecified atom stereocenters. The van der Waals surface area contributed by atoms with Crippen molar-refractivity contribution < 1.29 is 28.0 Å². The summed E-state index contributed by atoms with van der Waals surface area (Å²) in [6.07, 6.45) is 3.67. The van der Waals surface area contributed by atoms with E-state index in [-0.39, 0.29) is 71.2 Å². The SMILES string of the molecule is NC(N)=NCCC[C@@H]1N[C@H](CNC(=O)c2ccc3ccccc3c2)CCN(CC(c2ccc(F)cc2)c2ccc(F)cc2)C1=O.NC(N)=NCCC[C@@H]1N[C@H](CNC(=O)c2ccc3ccccc3c2)CCN(Cc2ccccc2)C1=O. The van der Waals surface area contributed by atoms with Crippen molar-refractivity contribution in [2.45, 2.75) is 75.2 Å². The van der Waals surface area contributed by atoms with Crippen molar-refractivity contribution in [3.63, 3.8) is 0 Å². The number of nitrogens with zero attached hydrogens (tertiary/aromatic N) is 4. The Bertz CT molecular complexity index is 3240. The Balaban J connectivity index is 0.000000218. The van der Waals surface area contributed by atoms with Crippen LogP contribution in [-0.2, 0) is 16.1 Å². The monoisotopic (exact) mass is 1100 g/mol. The smallest absolute Gasteiger partial charge is 0.251 e. The van der Waals surface area contributed by atoms with E-state index >= 15 is 0 Å². The molecule has 2 aliphatic rings. The Morgan fingerprint density at radius 3 is 1.42 bits per heavy atom. The van der Waals surface area contributed by atoms with Crippen LogP contribution in [0.4, 0.5) is 8.78 Å². The molecule has 12 N–H and O–H groups in total. The summed E-state index contributed by atoms with van der Waals surface area (Å²) in [7, 11) is 0. The molecule has 4 atom stereocenters. The van der Waals surface area contributed by atoms with E-state index in [1.54, 1.807) is 35.2 Å². The quantitative estimate of drug-likeness (QED) is 0.0229.